The van der Waals surface area contributed by atoms with Crippen molar-refractivity contribution in [1.29, 1.82) is 0 Å². The van der Waals surface area contributed by atoms with E-state index in [0.29, 0.717) is 25.2 Å². The predicted molar refractivity (Wildman–Crippen MR) is 67.4 cm³/mol. The van der Waals surface area contributed by atoms with Crippen molar-refractivity contribution in [2.45, 2.75) is 24.8 Å². The SMILES string of the molecule is Cc1cccc(S(=O)(=O)N2CCNC(C)C2)c1F. The van der Waals surface area contributed by atoms with Crippen LogP contribution in [0.15, 0.2) is 23.1 Å². The molecule has 18 heavy (non-hydrogen) atoms. The van der Waals surface area contributed by atoms with E-state index < -0.39 is 15.8 Å². The molecule has 100 valence electrons. The fourth-order valence-electron chi connectivity index (χ4n) is 2.07. The van der Waals surface area contributed by atoms with Crippen LogP contribution in [0.2, 0.25) is 0 Å². The summed E-state index contributed by atoms with van der Waals surface area (Å²) in [6.07, 6.45) is 0. The Morgan fingerprint density at radius 2 is 2.17 bits per heavy atom. The summed E-state index contributed by atoms with van der Waals surface area (Å²) in [5.41, 5.74) is 0.347. The van der Waals surface area contributed by atoms with E-state index in [1.54, 1.807) is 19.1 Å². The van der Waals surface area contributed by atoms with Crippen molar-refractivity contribution in [2.24, 2.45) is 0 Å². The lowest BCUT2D eigenvalue weighted by atomic mass is 10.2. The molecule has 1 N–H and O–H groups in total. The van der Waals surface area contributed by atoms with E-state index in [2.05, 4.69) is 5.32 Å². The summed E-state index contributed by atoms with van der Waals surface area (Å²) in [4.78, 5) is -0.225. The highest BCUT2D eigenvalue weighted by molar-refractivity contribution is 7.89. The second-order valence-corrected chi connectivity index (χ2v) is 6.51. The fourth-order valence-corrected chi connectivity index (χ4v) is 3.74. The molecule has 1 aliphatic rings. The molecule has 1 aromatic carbocycles. The van der Waals surface area contributed by atoms with Gasteiger partial charge in [0.2, 0.25) is 10.0 Å². The Morgan fingerprint density at radius 1 is 1.44 bits per heavy atom. The van der Waals surface area contributed by atoms with Crippen LogP contribution in [0.1, 0.15) is 12.5 Å². The maximum atomic E-state index is 13.9. The van der Waals surface area contributed by atoms with Crippen molar-refractivity contribution in [1.82, 2.24) is 9.62 Å². The maximum absolute atomic E-state index is 13.9. The Labute approximate surface area is 107 Å². The first kappa shape index (κ1) is 13.5. The van der Waals surface area contributed by atoms with Crippen LogP contribution >= 0.6 is 0 Å². The number of aryl methyl sites for hydroxylation is 1. The topological polar surface area (TPSA) is 49.4 Å². The Morgan fingerprint density at radius 3 is 2.83 bits per heavy atom. The molecule has 0 radical (unpaired) electrons. The van der Waals surface area contributed by atoms with Crippen LogP contribution in [0.3, 0.4) is 0 Å². The minimum absolute atomic E-state index is 0.0846. The molecule has 0 saturated carbocycles. The average Bonchev–Trinajstić information content (AvgIpc) is 2.32. The van der Waals surface area contributed by atoms with Crippen molar-refractivity contribution in [2.75, 3.05) is 19.6 Å². The smallest absolute Gasteiger partial charge is 0.246 e. The molecular weight excluding hydrogens is 255 g/mol. The normalized spacial score (nSPS) is 22.1. The van der Waals surface area contributed by atoms with Crippen LogP contribution in [0.25, 0.3) is 0 Å². The second-order valence-electron chi connectivity index (χ2n) is 4.61. The molecule has 6 heteroatoms. The number of hydrogen-bond donors (Lipinski definition) is 1. The Balaban J connectivity index is 2.39. The number of sulfonamides is 1. The molecule has 1 aromatic rings. The van der Waals surface area contributed by atoms with Gasteiger partial charge in [-0.2, -0.15) is 4.31 Å². The van der Waals surface area contributed by atoms with E-state index in [0.717, 1.165) is 0 Å². The van der Waals surface area contributed by atoms with Crippen molar-refractivity contribution in [3.63, 3.8) is 0 Å². The predicted octanol–water partition coefficient (Wildman–Crippen LogP) is 1.12. The molecule has 0 amide bonds. The Bertz CT molecular complexity index is 545. The molecule has 1 atom stereocenters. The van der Waals surface area contributed by atoms with E-state index in [1.807, 2.05) is 6.92 Å². The van der Waals surface area contributed by atoms with Gasteiger partial charge in [-0.05, 0) is 25.5 Å². The van der Waals surface area contributed by atoms with E-state index in [-0.39, 0.29) is 10.9 Å². The van der Waals surface area contributed by atoms with Gasteiger partial charge in [-0.25, -0.2) is 12.8 Å². The molecule has 0 aromatic heterocycles. The quantitative estimate of drug-likeness (QED) is 0.877. The lowest BCUT2D eigenvalue weighted by Gasteiger charge is -2.31. The summed E-state index contributed by atoms with van der Waals surface area (Å²) in [6.45, 7) is 4.81. The molecule has 1 aliphatic heterocycles. The van der Waals surface area contributed by atoms with Crippen molar-refractivity contribution in [3.8, 4) is 0 Å². The minimum atomic E-state index is -3.73. The fraction of sp³-hybridized carbons (Fsp3) is 0.500. The summed E-state index contributed by atoms with van der Waals surface area (Å²) in [6, 6.07) is 4.54. The number of nitrogens with zero attached hydrogens (tertiary/aromatic N) is 1. The zero-order valence-electron chi connectivity index (χ0n) is 10.5. The number of halogens is 1. The van der Waals surface area contributed by atoms with E-state index in [9.17, 15) is 12.8 Å². The van der Waals surface area contributed by atoms with Crippen molar-refractivity contribution < 1.29 is 12.8 Å². The largest absolute Gasteiger partial charge is 0.312 e. The van der Waals surface area contributed by atoms with Gasteiger partial charge in [-0.1, -0.05) is 12.1 Å². The summed E-state index contributed by atoms with van der Waals surface area (Å²) in [5.74, 6) is -0.649. The summed E-state index contributed by atoms with van der Waals surface area (Å²) in [5, 5.41) is 3.16. The standard InChI is InChI=1S/C12H17FN2O2S/c1-9-4-3-5-11(12(9)13)18(16,17)15-7-6-14-10(2)8-15/h3-5,10,14H,6-8H2,1-2H3. The van der Waals surface area contributed by atoms with Gasteiger partial charge in [-0.15, -0.1) is 0 Å². The summed E-state index contributed by atoms with van der Waals surface area (Å²) >= 11 is 0. The summed E-state index contributed by atoms with van der Waals surface area (Å²) in [7, 11) is -3.73. The van der Waals surface area contributed by atoms with Crippen molar-refractivity contribution in [3.05, 3.63) is 29.6 Å². The van der Waals surface area contributed by atoms with Crippen LogP contribution < -0.4 is 5.32 Å². The molecule has 1 saturated heterocycles. The van der Waals surface area contributed by atoms with Gasteiger partial charge in [0.15, 0.2) is 0 Å². The molecular formula is C12H17FN2O2S. The zero-order valence-corrected chi connectivity index (χ0v) is 11.3. The molecule has 4 nitrogen and oxygen atoms in total. The Hall–Kier alpha value is -0.980. The molecule has 0 aliphatic carbocycles. The first-order valence-electron chi connectivity index (χ1n) is 5.91. The van der Waals surface area contributed by atoms with Crippen LogP contribution in [0.5, 0.6) is 0 Å². The lowest BCUT2D eigenvalue weighted by molar-refractivity contribution is 0.309. The van der Waals surface area contributed by atoms with Gasteiger partial charge < -0.3 is 5.32 Å². The van der Waals surface area contributed by atoms with Crippen molar-refractivity contribution >= 4 is 10.0 Å². The lowest BCUT2D eigenvalue weighted by Crippen LogP contribution is -2.51. The van der Waals surface area contributed by atoms with Gasteiger partial charge in [0, 0.05) is 25.7 Å². The zero-order chi connectivity index (χ0) is 13.3. The highest BCUT2D eigenvalue weighted by Crippen LogP contribution is 2.22. The van der Waals surface area contributed by atoms with Gasteiger partial charge >= 0.3 is 0 Å². The highest BCUT2D eigenvalue weighted by Gasteiger charge is 2.30. The molecule has 1 heterocycles. The van der Waals surface area contributed by atoms with Crippen LogP contribution in [-0.4, -0.2) is 38.4 Å². The number of nitrogens with one attached hydrogen (secondary N) is 1. The van der Waals surface area contributed by atoms with E-state index in [1.165, 1.54) is 10.4 Å². The minimum Gasteiger partial charge on any atom is -0.312 e. The molecule has 2 rings (SSSR count). The average molecular weight is 272 g/mol. The summed E-state index contributed by atoms with van der Waals surface area (Å²) < 4.78 is 40.0. The number of benzene rings is 1. The highest BCUT2D eigenvalue weighted by atomic mass is 32.2. The van der Waals surface area contributed by atoms with Crippen LogP contribution in [-0.2, 0) is 10.0 Å². The van der Waals surface area contributed by atoms with Gasteiger partial charge in [0.05, 0.1) is 0 Å². The van der Waals surface area contributed by atoms with Gasteiger partial charge in [0.25, 0.3) is 0 Å². The van der Waals surface area contributed by atoms with Crippen LogP contribution in [0, 0.1) is 12.7 Å². The molecule has 0 bridgehead atoms. The third-order valence-corrected chi connectivity index (χ3v) is 4.99. The third-order valence-electron chi connectivity index (χ3n) is 3.11. The van der Waals surface area contributed by atoms with Gasteiger partial charge in [-0.3, -0.25) is 0 Å². The van der Waals surface area contributed by atoms with E-state index in [4.69, 9.17) is 0 Å². The number of piperazine rings is 1. The number of rotatable bonds is 2. The van der Waals surface area contributed by atoms with Crippen LogP contribution in [0.4, 0.5) is 4.39 Å². The molecule has 1 unspecified atom stereocenters. The molecule has 0 spiro atoms. The first-order chi connectivity index (χ1) is 8.43. The first-order valence-corrected chi connectivity index (χ1v) is 7.35. The maximum Gasteiger partial charge on any atom is 0.246 e. The third kappa shape index (κ3) is 2.41. The molecule has 1 fully saturated rings. The van der Waals surface area contributed by atoms with E-state index >= 15 is 0 Å². The van der Waals surface area contributed by atoms with Gasteiger partial charge in [0.1, 0.15) is 10.7 Å². The Kier molecular flexibility index (Phi) is 3.70. The monoisotopic (exact) mass is 272 g/mol. The number of hydrogen-bond acceptors (Lipinski definition) is 3. The second kappa shape index (κ2) is 4.95.